The van der Waals surface area contributed by atoms with Crippen LogP contribution in [0, 0.1) is 10.1 Å². The quantitative estimate of drug-likeness (QED) is 0.442. The zero-order valence-corrected chi connectivity index (χ0v) is 14.0. The molecular formula is C16H24N4O4. The van der Waals surface area contributed by atoms with E-state index in [1.165, 1.54) is 12.1 Å². The molecular weight excluding hydrogens is 312 g/mol. The number of nitro benzene ring substituents is 1. The smallest absolute Gasteiger partial charge is 0.269 e. The molecule has 1 aromatic rings. The van der Waals surface area contributed by atoms with Crippen LogP contribution < -0.4 is 10.6 Å². The number of rotatable bonds is 7. The molecule has 0 aliphatic carbocycles. The highest BCUT2D eigenvalue weighted by molar-refractivity contribution is 5.78. The third kappa shape index (κ3) is 5.78. The van der Waals surface area contributed by atoms with Gasteiger partial charge in [-0.2, -0.15) is 0 Å². The molecule has 2 atom stereocenters. The molecule has 0 saturated carbocycles. The molecule has 2 rings (SSSR count). The van der Waals surface area contributed by atoms with E-state index in [9.17, 15) is 14.9 Å². The number of carbonyl (C=O) groups excluding carboxylic acids is 1. The molecule has 1 saturated heterocycles. The van der Waals surface area contributed by atoms with Crippen LogP contribution in [0.1, 0.15) is 13.8 Å². The van der Waals surface area contributed by atoms with Crippen LogP contribution in [0.5, 0.6) is 0 Å². The average molecular weight is 336 g/mol. The highest BCUT2D eigenvalue weighted by atomic mass is 16.6. The first-order valence-electron chi connectivity index (χ1n) is 8.07. The highest BCUT2D eigenvalue weighted by Gasteiger charge is 2.23. The van der Waals surface area contributed by atoms with Crippen molar-refractivity contribution in [2.24, 2.45) is 0 Å². The van der Waals surface area contributed by atoms with Gasteiger partial charge in [0.1, 0.15) is 0 Å². The number of morpholine rings is 1. The normalized spacial score (nSPS) is 21.2. The van der Waals surface area contributed by atoms with Crippen LogP contribution in [0.2, 0.25) is 0 Å². The summed E-state index contributed by atoms with van der Waals surface area (Å²) in [4.78, 5) is 24.2. The molecule has 0 bridgehead atoms. The second kappa shape index (κ2) is 8.60. The number of carbonyl (C=O) groups is 1. The maximum Gasteiger partial charge on any atom is 0.269 e. The lowest BCUT2D eigenvalue weighted by atomic mass is 10.2. The topological polar surface area (TPSA) is 96.7 Å². The number of non-ortho nitro benzene ring substituents is 1. The summed E-state index contributed by atoms with van der Waals surface area (Å²) >= 11 is 0. The van der Waals surface area contributed by atoms with Gasteiger partial charge in [-0.05, 0) is 26.0 Å². The van der Waals surface area contributed by atoms with Crippen molar-refractivity contribution >= 4 is 17.3 Å². The first kappa shape index (κ1) is 18.2. The second-order valence-corrected chi connectivity index (χ2v) is 6.03. The van der Waals surface area contributed by atoms with E-state index in [0.717, 1.165) is 18.8 Å². The standard InChI is InChI=1S/C16H24N4O4/c1-12-9-19(10-13(2)24-12)11-16(21)18-8-7-17-14-3-5-15(6-4-14)20(22)23/h3-6,12-13,17H,7-11H2,1-2H3,(H,18,21)/t12-,13-/m0/s1. The summed E-state index contributed by atoms with van der Waals surface area (Å²) in [5, 5.41) is 16.6. The zero-order valence-electron chi connectivity index (χ0n) is 14.0. The molecule has 1 amide bonds. The van der Waals surface area contributed by atoms with Crippen LogP contribution in [-0.4, -0.2) is 60.7 Å². The molecule has 0 spiro atoms. The molecule has 132 valence electrons. The maximum atomic E-state index is 12.0. The molecule has 8 nitrogen and oxygen atoms in total. The Balaban J connectivity index is 1.64. The fraction of sp³-hybridized carbons (Fsp3) is 0.562. The Bertz CT molecular complexity index is 554. The van der Waals surface area contributed by atoms with Crippen molar-refractivity contribution in [3.63, 3.8) is 0 Å². The van der Waals surface area contributed by atoms with Crippen LogP contribution in [-0.2, 0) is 9.53 Å². The molecule has 1 aliphatic rings. The predicted molar refractivity (Wildman–Crippen MR) is 91.0 cm³/mol. The fourth-order valence-corrected chi connectivity index (χ4v) is 2.78. The third-order valence-corrected chi connectivity index (χ3v) is 3.72. The minimum absolute atomic E-state index is 0.0122. The molecule has 0 unspecified atom stereocenters. The lowest BCUT2D eigenvalue weighted by Gasteiger charge is -2.34. The van der Waals surface area contributed by atoms with Crippen LogP contribution >= 0.6 is 0 Å². The van der Waals surface area contributed by atoms with Gasteiger partial charge in [-0.15, -0.1) is 0 Å². The van der Waals surface area contributed by atoms with Crippen molar-refractivity contribution in [3.8, 4) is 0 Å². The van der Waals surface area contributed by atoms with Gasteiger partial charge in [0.2, 0.25) is 5.91 Å². The monoisotopic (exact) mass is 336 g/mol. The molecule has 1 fully saturated rings. The van der Waals surface area contributed by atoms with Gasteiger partial charge in [0.25, 0.3) is 5.69 Å². The number of nitrogens with one attached hydrogen (secondary N) is 2. The minimum atomic E-state index is -0.433. The highest BCUT2D eigenvalue weighted by Crippen LogP contribution is 2.14. The van der Waals surface area contributed by atoms with E-state index in [1.807, 2.05) is 13.8 Å². The van der Waals surface area contributed by atoms with Gasteiger partial charge in [-0.25, -0.2) is 0 Å². The first-order valence-corrected chi connectivity index (χ1v) is 8.07. The largest absolute Gasteiger partial charge is 0.383 e. The number of benzene rings is 1. The number of amides is 1. The van der Waals surface area contributed by atoms with E-state index in [1.54, 1.807) is 12.1 Å². The van der Waals surface area contributed by atoms with E-state index in [2.05, 4.69) is 15.5 Å². The van der Waals surface area contributed by atoms with Crippen molar-refractivity contribution in [2.75, 3.05) is 38.0 Å². The Morgan fingerprint density at radius 2 is 1.88 bits per heavy atom. The van der Waals surface area contributed by atoms with E-state index >= 15 is 0 Å². The van der Waals surface area contributed by atoms with Crippen LogP contribution in [0.3, 0.4) is 0 Å². The van der Waals surface area contributed by atoms with Gasteiger partial charge in [0, 0.05) is 44.0 Å². The Labute approximate surface area is 141 Å². The van der Waals surface area contributed by atoms with Crippen LogP contribution in [0.15, 0.2) is 24.3 Å². The number of hydrogen-bond donors (Lipinski definition) is 2. The molecule has 24 heavy (non-hydrogen) atoms. The van der Waals surface area contributed by atoms with Gasteiger partial charge in [-0.3, -0.25) is 19.8 Å². The molecule has 0 aromatic heterocycles. The Morgan fingerprint density at radius 1 is 1.25 bits per heavy atom. The minimum Gasteiger partial charge on any atom is -0.383 e. The van der Waals surface area contributed by atoms with Crippen molar-refractivity contribution in [2.45, 2.75) is 26.1 Å². The molecule has 1 heterocycles. The van der Waals surface area contributed by atoms with Crippen molar-refractivity contribution < 1.29 is 14.5 Å². The summed E-state index contributed by atoms with van der Waals surface area (Å²) in [6.45, 7) is 6.96. The zero-order chi connectivity index (χ0) is 17.5. The number of nitrogens with zero attached hydrogens (tertiary/aromatic N) is 2. The van der Waals surface area contributed by atoms with Gasteiger partial charge in [0.15, 0.2) is 0 Å². The summed E-state index contributed by atoms with van der Waals surface area (Å²) in [5.74, 6) is -0.0122. The van der Waals surface area contributed by atoms with Gasteiger partial charge in [0.05, 0.1) is 23.7 Å². The van der Waals surface area contributed by atoms with E-state index < -0.39 is 4.92 Å². The number of hydrogen-bond acceptors (Lipinski definition) is 6. The Kier molecular flexibility index (Phi) is 6.51. The maximum absolute atomic E-state index is 12.0. The Hall–Kier alpha value is -2.19. The van der Waals surface area contributed by atoms with E-state index in [4.69, 9.17) is 4.74 Å². The molecule has 1 aromatic carbocycles. The SMILES string of the molecule is C[C@H]1CN(CC(=O)NCCNc2ccc([N+](=O)[O-])cc2)C[C@H](C)O1. The molecule has 8 heteroatoms. The fourth-order valence-electron chi connectivity index (χ4n) is 2.78. The summed E-state index contributed by atoms with van der Waals surface area (Å²) in [5.41, 5.74) is 0.841. The van der Waals surface area contributed by atoms with Crippen LogP contribution in [0.25, 0.3) is 0 Å². The number of nitro groups is 1. The molecule has 2 N–H and O–H groups in total. The van der Waals surface area contributed by atoms with Crippen molar-refractivity contribution in [1.82, 2.24) is 10.2 Å². The summed E-state index contributed by atoms with van der Waals surface area (Å²) in [7, 11) is 0. The average Bonchev–Trinajstić information content (AvgIpc) is 2.51. The van der Waals surface area contributed by atoms with E-state index in [0.29, 0.717) is 19.6 Å². The number of ether oxygens (including phenoxy) is 1. The summed E-state index contributed by atoms with van der Waals surface area (Å²) < 4.78 is 5.64. The van der Waals surface area contributed by atoms with Gasteiger partial charge in [-0.1, -0.05) is 0 Å². The van der Waals surface area contributed by atoms with Crippen molar-refractivity contribution in [3.05, 3.63) is 34.4 Å². The van der Waals surface area contributed by atoms with E-state index in [-0.39, 0.29) is 23.8 Å². The predicted octanol–water partition coefficient (Wildman–Crippen LogP) is 1.23. The third-order valence-electron chi connectivity index (χ3n) is 3.72. The molecule has 0 radical (unpaired) electrons. The lowest BCUT2D eigenvalue weighted by molar-refractivity contribution is -0.384. The summed E-state index contributed by atoms with van der Waals surface area (Å²) in [6.07, 6.45) is 0.288. The van der Waals surface area contributed by atoms with Gasteiger partial charge >= 0.3 is 0 Å². The first-order chi connectivity index (χ1) is 11.4. The number of anilines is 1. The molecule has 1 aliphatic heterocycles. The summed E-state index contributed by atoms with van der Waals surface area (Å²) in [6, 6.07) is 6.19. The van der Waals surface area contributed by atoms with Crippen molar-refractivity contribution in [1.29, 1.82) is 0 Å². The second-order valence-electron chi connectivity index (χ2n) is 6.03. The lowest BCUT2D eigenvalue weighted by Crippen LogP contribution is -2.49. The van der Waals surface area contributed by atoms with Crippen LogP contribution in [0.4, 0.5) is 11.4 Å². The Morgan fingerprint density at radius 3 is 2.46 bits per heavy atom. The van der Waals surface area contributed by atoms with Gasteiger partial charge < -0.3 is 15.4 Å².